The summed E-state index contributed by atoms with van der Waals surface area (Å²) in [6.07, 6.45) is 7.04. The van der Waals surface area contributed by atoms with E-state index in [1.807, 2.05) is 10.8 Å². The molecule has 3 aromatic rings. The molecule has 0 saturated carbocycles. The van der Waals surface area contributed by atoms with Crippen LogP contribution < -0.4 is 5.32 Å². The van der Waals surface area contributed by atoms with Gasteiger partial charge in [0.1, 0.15) is 0 Å². The Bertz CT molecular complexity index is 801. The number of rotatable bonds is 4. The third-order valence-corrected chi connectivity index (χ3v) is 3.76. The number of aromatic nitrogens is 6. The molecular formula is C15H19N7O. The van der Waals surface area contributed by atoms with Crippen LogP contribution in [0.1, 0.15) is 31.1 Å². The Labute approximate surface area is 133 Å². The molecule has 1 amide bonds. The van der Waals surface area contributed by atoms with E-state index in [1.54, 1.807) is 30.9 Å². The molecule has 0 aliphatic carbocycles. The molecule has 8 heteroatoms. The van der Waals surface area contributed by atoms with Crippen LogP contribution in [-0.2, 0) is 6.54 Å². The number of fused-ring (bicyclic) bond motifs is 1. The number of tetrazole rings is 1. The molecule has 0 fully saturated rings. The lowest BCUT2D eigenvalue weighted by atomic mass is 9.86. The minimum Gasteiger partial charge on any atom is -0.347 e. The molecular weight excluding hydrogens is 294 g/mol. The zero-order valence-electron chi connectivity index (χ0n) is 13.3. The predicted molar refractivity (Wildman–Crippen MR) is 83.7 cm³/mol. The largest absolute Gasteiger partial charge is 0.347 e. The molecule has 120 valence electrons. The van der Waals surface area contributed by atoms with Gasteiger partial charge >= 0.3 is 0 Å². The van der Waals surface area contributed by atoms with Gasteiger partial charge in [-0.25, -0.2) is 9.50 Å². The maximum atomic E-state index is 12.6. The van der Waals surface area contributed by atoms with Crippen LogP contribution in [0.25, 0.3) is 5.65 Å². The molecule has 0 aromatic carbocycles. The lowest BCUT2D eigenvalue weighted by Crippen LogP contribution is -2.46. The standard InChI is InChI=1S/C15H19N7O/c1-15(2,3)12(9-21-7-5-16-10-21)17-14(23)11-4-6-22-13(8-11)18-19-20-22/h4-8,10,12H,9H2,1-3H3,(H,17,23)/t12-/m0/s1. The first-order valence-electron chi connectivity index (χ1n) is 7.38. The van der Waals surface area contributed by atoms with E-state index >= 15 is 0 Å². The number of carbonyl (C=O) groups is 1. The maximum Gasteiger partial charge on any atom is 0.251 e. The highest BCUT2D eigenvalue weighted by Crippen LogP contribution is 2.21. The van der Waals surface area contributed by atoms with Crippen molar-refractivity contribution in [3.05, 3.63) is 42.6 Å². The van der Waals surface area contributed by atoms with Crippen LogP contribution in [0.2, 0.25) is 0 Å². The predicted octanol–water partition coefficient (Wildman–Crippen LogP) is 1.17. The first-order chi connectivity index (χ1) is 10.9. The zero-order valence-corrected chi connectivity index (χ0v) is 13.3. The second-order valence-corrected chi connectivity index (χ2v) is 6.55. The van der Waals surface area contributed by atoms with Gasteiger partial charge in [0.25, 0.3) is 5.91 Å². The molecule has 1 N–H and O–H groups in total. The molecule has 0 aliphatic rings. The molecule has 3 heterocycles. The number of pyridine rings is 1. The van der Waals surface area contributed by atoms with Crippen LogP contribution >= 0.6 is 0 Å². The Balaban J connectivity index is 1.79. The van der Waals surface area contributed by atoms with E-state index in [1.165, 1.54) is 4.52 Å². The van der Waals surface area contributed by atoms with Crippen LogP contribution in [0.4, 0.5) is 0 Å². The molecule has 0 spiro atoms. The third kappa shape index (κ3) is 3.36. The fraction of sp³-hybridized carbons (Fsp3) is 0.400. The van der Waals surface area contributed by atoms with E-state index in [9.17, 15) is 4.79 Å². The lowest BCUT2D eigenvalue weighted by molar-refractivity contribution is 0.0892. The van der Waals surface area contributed by atoms with Gasteiger partial charge in [0.15, 0.2) is 5.65 Å². The monoisotopic (exact) mass is 313 g/mol. The second-order valence-electron chi connectivity index (χ2n) is 6.55. The van der Waals surface area contributed by atoms with Crippen LogP contribution in [0.5, 0.6) is 0 Å². The summed E-state index contributed by atoms with van der Waals surface area (Å²) in [5.74, 6) is -0.143. The summed E-state index contributed by atoms with van der Waals surface area (Å²) >= 11 is 0. The van der Waals surface area contributed by atoms with Crippen molar-refractivity contribution >= 4 is 11.6 Å². The number of nitrogens with one attached hydrogen (secondary N) is 1. The maximum absolute atomic E-state index is 12.6. The Morgan fingerprint density at radius 2 is 2.17 bits per heavy atom. The van der Waals surface area contributed by atoms with Gasteiger partial charge in [0, 0.05) is 30.7 Å². The highest BCUT2D eigenvalue weighted by Gasteiger charge is 2.27. The van der Waals surface area contributed by atoms with Gasteiger partial charge in [-0.15, -0.1) is 5.10 Å². The van der Waals surface area contributed by atoms with Gasteiger partial charge in [-0.05, 0) is 28.0 Å². The summed E-state index contributed by atoms with van der Waals surface area (Å²) in [5.41, 5.74) is 0.979. The van der Waals surface area contributed by atoms with E-state index in [-0.39, 0.29) is 17.4 Å². The van der Waals surface area contributed by atoms with Gasteiger partial charge in [-0.2, -0.15) is 0 Å². The van der Waals surface area contributed by atoms with Crippen LogP contribution in [-0.4, -0.2) is 41.5 Å². The van der Waals surface area contributed by atoms with Crippen molar-refractivity contribution < 1.29 is 4.79 Å². The van der Waals surface area contributed by atoms with E-state index in [2.05, 4.69) is 46.6 Å². The van der Waals surface area contributed by atoms with Crippen LogP contribution in [0, 0.1) is 5.41 Å². The number of hydrogen-bond donors (Lipinski definition) is 1. The minimum absolute atomic E-state index is 0.0450. The summed E-state index contributed by atoms with van der Waals surface area (Å²) in [4.78, 5) is 16.6. The number of carbonyl (C=O) groups excluding carboxylic acids is 1. The summed E-state index contributed by atoms with van der Waals surface area (Å²) in [6.45, 7) is 6.95. The van der Waals surface area contributed by atoms with Gasteiger partial charge in [0.05, 0.1) is 12.4 Å². The molecule has 23 heavy (non-hydrogen) atoms. The molecule has 8 nitrogen and oxygen atoms in total. The van der Waals surface area contributed by atoms with Crippen LogP contribution in [0.3, 0.4) is 0 Å². The normalized spacial score (nSPS) is 13.2. The Hall–Kier alpha value is -2.77. The van der Waals surface area contributed by atoms with Gasteiger partial charge < -0.3 is 9.88 Å². The summed E-state index contributed by atoms with van der Waals surface area (Å²) < 4.78 is 3.48. The Kier molecular flexibility index (Phi) is 3.81. The SMILES string of the molecule is CC(C)(C)[C@H](Cn1ccnc1)NC(=O)c1ccn2nnnc2c1. The number of hydrogen-bond acceptors (Lipinski definition) is 5. The number of nitrogens with zero attached hydrogens (tertiary/aromatic N) is 6. The Morgan fingerprint density at radius 3 is 2.87 bits per heavy atom. The fourth-order valence-electron chi connectivity index (χ4n) is 2.26. The smallest absolute Gasteiger partial charge is 0.251 e. The van der Waals surface area contributed by atoms with Gasteiger partial charge in [0.2, 0.25) is 0 Å². The first-order valence-corrected chi connectivity index (χ1v) is 7.38. The minimum atomic E-state index is -0.143. The van der Waals surface area contributed by atoms with Crippen LogP contribution in [0.15, 0.2) is 37.1 Å². The topological polar surface area (TPSA) is 90.0 Å². The van der Waals surface area contributed by atoms with Crippen molar-refractivity contribution in [1.82, 2.24) is 34.9 Å². The number of amides is 1. The molecule has 3 rings (SSSR count). The highest BCUT2D eigenvalue weighted by molar-refractivity contribution is 5.95. The second kappa shape index (κ2) is 5.79. The van der Waals surface area contributed by atoms with E-state index in [4.69, 9.17) is 0 Å². The van der Waals surface area contributed by atoms with Gasteiger partial charge in [-0.1, -0.05) is 20.8 Å². The molecule has 0 bridgehead atoms. The van der Waals surface area contributed by atoms with E-state index < -0.39 is 0 Å². The summed E-state index contributed by atoms with van der Waals surface area (Å²) in [6, 6.07) is 3.33. The first kappa shape index (κ1) is 15.1. The van der Waals surface area contributed by atoms with Gasteiger partial charge in [-0.3, -0.25) is 4.79 Å². The van der Waals surface area contributed by atoms with Crippen molar-refractivity contribution in [1.29, 1.82) is 0 Å². The number of imidazole rings is 1. The summed E-state index contributed by atoms with van der Waals surface area (Å²) in [7, 11) is 0. The zero-order chi connectivity index (χ0) is 16.4. The molecule has 0 saturated heterocycles. The van der Waals surface area contributed by atoms with Crippen molar-refractivity contribution in [2.45, 2.75) is 33.4 Å². The van der Waals surface area contributed by atoms with E-state index in [0.29, 0.717) is 17.8 Å². The van der Waals surface area contributed by atoms with Crippen molar-refractivity contribution in [3.63, 3.8) is 0 Å². The average molecular weight is 313 g/mol. The quantitative estimate of drug-likeness (QED) is 0.781. The van der Waals surface area contributed by atoms with Crippen molar-refractivity contribution in [2.75, 3.05) is 0 Å². The highest BCUT2D eigenvalue weighted by atomic mass is 16.1. The molecule has 1 atom stereocenters. The average Bonchev–Trinajstić information content (AvgIpc) is 3.15. The molecule has 3 aromatic heterocycles. The fourth-order valence-corrected chi connectivity index (χ4v) is 2.26. The lowest BCUT2D eigenvalue weighted by Gasteiger charge is -2.31. The van der Waals surface area contributed by atoms with E-state index in [0.717, 1.165) is 0 Å². The summed E-state index contributed by atoms with van der Waals surface area (Å²) in [5, 5.41) is 14.3. The van der Waals surface area contributed by atoms with Crippen molar-refractivity contribution in [3.8, 4) is 0 Å². The Morgan fingerprint density at radius 1 is 1.35 bits per heavy atom. The molecule has 0 unspecified atom stereocenters. The third-order valence-electron chi connectivity index (χ3n) is 3.76. The molecule has 0 radical (unpaired) electrons. The molecule has 0 aliphatic heterocycles. The van der Waals surface area contributed by atoms with Crippen molar-refractivity contribution in [2.24, 2.45) is 5.41 Å².